The number of hydrogen-bond acceptors (Lipinski definition) is 2. The van der Waals surface area contributed by atoms with Crippen molar-refractivity contribution in [1.82, 2.24) is 0 Å². The minimum absolute atomic E-state index is 0.270. The van der Waals surface area contributed by atoms with Crippen molar-refractivity contribution < 1.29 is 9.53 Å². The number of carbonyl (C=O) groups is 1. The Hall–Kier alpha value is -2.61. The molecule has 24 heavy (non-hydrogen) atoms. The summed E-state index contributed by atoms with van der Waals surface area (Å²) in [6, 6.07) is 16.5. The van der Waals surface area contributed by atoms with E-state index >= 15 is 0 Å². The number of hydrogen-bond donors (Lipinski definition) is 0. The molecular formula is C22H22O2. The van der Waals surface area contributed by atoms with Crippen LogP contribution in [0.25, 0.3) is 17.2 Å². The molecule has 0 spiro atoms. The van der Waals surface area contributed by atoms with Crippen molar-refractivity contribution in [2.24, 2.45) is 0 Å². The van der Waals surface area contributed by atoms with Crippen molar-refractivity contribution in [1.29, 1.82) is 0 Å². The zero-order chi connectivity index (χ0) is 16.9. The molecule has 0 heterocycles. The molecule has 2 aromatic rings. The molecular weight excluding hydrogens is 296 g/mol. The fourth-order valence-electron chi connectivity index (χ4n) is 2.85. The van der Waals surface area contributed by atoms with Gasteiger partial charge in [0.05, 0.1) is 6.61 Å². The van der Waals surface area contributed by atoms with Crippen LogP contribution < -0.4 is 0 Å². The highest BCUT2D eigenvalue weighted by atomic mass is 16.5. The van der Waals surface area contributed by atoms with Crippen LogP contribution in [0.2, 0.25) is 0 Å². The Morgan fingerprint density at radius 3 is 2.58 bits per heavy atom. The molecule has 0 unspecified atom stereocenters. The number of esters is 1. The summed E-state index contributed by atoms with van der Waals surface area (Å²) in [5.41, 5.74) is 6.57. The quantitative estimate of drug-likeness (QED) is 0.426. The van der Waals surface area contributed by atoms with Crippen molar-refractivity contribution in [3.63, 3.8) is 0 Å². The van der Waals surface area contributed by atoms with Crippen LogP contribution in [0.4, 0.5) is 0 Å². The van der Waals surface area contributed by atoms with E-state index in [0.29, 0.717) is 6.61 Å². The number of benzene rings is 2. The first-order chi connectivity index (χ1) is 11.7. The van der Waals surface area contributed by atoms with Crippen LogP contribution in [0.1, 0.15) is 42.0 Å². The highest BCUT2D eigenvalue weighted by Crippen LogP contribution is 2.41. The Labute approximate surface area is 143 Å². The van der Waals surface area contributed by atoms with E-state index in [9.17, 15) is 4.79 Å². The minimum atomic E-state index is -0.270. The molecule has 3 rings (SSSR count). The molecule has 2 heteroatoms. The molecule has 0 atom stereocenters. The lowest BCUT2D eigenvalue weighted by molar-refractivity contribution is -0.137. The van der Waals surface area contributed by atoms with Crippen LogP contribution in [-0.4, -0.2) is 12.6 Å². The molecule has 0 fully saturated rings. The van der Waals surface area contributed by atoms with Gasteiger partial charge in [0.1, 0.15) is 0 Å². The molecule has 0 aromatic heterocycles. The molecule has 0 bridgehead atoms. The molecule has 0 aliphatic heterocycles. The van der Waals surface area contributed by atoms with Gasteiger partial charge in [0, 0.05) is 6.08 Å². The van der Waals surface area contributed by atoms with Gasteiger partial charge in [0.15, 0.2) is 0 Å². The first kappa shape index (κ1) is 16.3. The van der Waals surface area contributed by atoms with Crippen molar-refractivity contribution in [3.8, 4) is 0 Å². The fourth-order valence-corrected chi connectivity index (χ4v) is 2.85. The molecule has 2 nitrogen and oxygen atoms in total. The van der Waals surface area contributed by atoms with Crippen LogP contribution in [0, 0.1) is 6.92 Å². The van der Waals surface area contributed by atoms with Crippen LogP contribution >= 0.6 is 0 Å². The Bertz CT molecular complexity index is 795. The van der Waals surface area contributed by atoms with Crippen molar-refractivity contribution in [2.75, 3.05) is 6.61 Å². The van der Waals surface area contributed by atoms with Gasteiger partial charge in [-0.15, -0.1) is 0 Å². The van der Waals surface area contributed by atoms with Gasteiger partial charge in [-0.3, -0.25) is 0 Å². The predicted molar refractivity (Wildman–Crippen MR) is 99.3 cm³/mol. The maximum Gasteiger partial charge on any atom is 0.331 e. The zero-order valence-corrected chi connectivity index (χ0v) is 14.2. The third-order valence-corrected chi connectivity index (χ3v) is 4.21. The zero-order valence-electron chi connectivity index (χ0n) is 14.2. The molecule has 0 amide bonds. The summed E-state index contributed by atoms with van der Waals surface area (Å²) >= 11 is 0. The van der Waals surface area contributed by atoms with Gasteiger partial charge in [0.25, 0.3) is 0 Å². The molecule has 0 radical (unpaired) electrons. The van der Waals surface area contributed by atoms with E-state index in [-0.39, 0.29) is 5.97 Å². The Morgan fingerprint density at radius 2 is 1.83 bits per heavy atom. The summed E-state index contributed by atoms with van der Waals surface area (Å²) in [6.45, 7) is 4.63. The van der Waals surface area contributed by atoms with Crippen molar-refractivity contribution in [2.45, 2.75) is 26.7 Å². The summed E-state index contributed by atoms with van der Waals surface area (Å²) in [4.78, 5) is 12.2. The summed E-state index contributed by atoms with van der Waals surface area (Å²) in [7, 11) is 0. The van der Waals surface area contributed by atoms with E-state index in [2.05, 4.69) is 56.3 Å². The molecule has 122 valence electrons. The summed E-state index contributed by atoms with van der Waals surface area (Å²) in [6.07, 6.45) is 5.69. The standard InChI is InChI=1S/C22H22O2/c1-3-4-13-24-22(23)15-21-19-8-6-5-7-18(19)14-20(21)17-11-9-16(2)10-12-17/h5-12,14-15H,3-4,13H2,1-2H3/b21-15+. The van der Waals surface area contributed by atoms with E-state index in [4.69, 9.17) is 4.74 Å². The number of unbranched alkanes of at least 4 members (excludes halogenated alkanes) is 1. The highest BCUT2D eigenvalue weighted by molar-refractivity contribution is 6.20. The number of carbonyl (C=O) groups excluding carboxylic acids is 1. The Balaban J connectivity index is 1.95. The maximum absolute atomic E-state index is 12.2. The lowest BCUT2D eigenvalue weighted by Crippen LogP contribution is -2.03. The minimum Gasteiger partial charge on any atom is -0.463 e. The van der Waals surface area contributed by atoms with Gasteiger partial charge in [-0.2, -0.15) is 0 Å². The second-order valence-corrected chi connectivity index (χ2v) is 6.09. The van der Waals surface area contributed by atoms with Gasteiger partial charge >= 0.3 is 5.97 Å². The number of aryl methyl sites for hydroxylation is 1. The van der Waals surface area contributed by atoms with Gasteiger partial charge in [-0.25, -0.2) is 4.79 Å². The first-order valence-corrected chi connectivity index (χ1v) is 8.46. The average molecular weight is 318 g/mol. The monoisotopic (exact) mass is 318 g/mol. The Kier molecular flexibility index (Phi) is 4.95. The summed E-state index contributed by atoms with van der Waals surface area (Å²) in [5.74, 6) is -0.270. The number of rotatable bonds is 5. The number of allylic oxidation sites excluding steroid dienone is 2. The van der Waals surface area contributed by atoms with Gasteiger partial charge in [0.2, 0.25) is 0 Å². The number of fused-ring (bicyclic) bond motifs is 1. The lowest BCUT2D eigenvalue weighted by Gasteiger charge is -2.09. The Morgan fingerprint density at radius 1 is 1.08 bits per heavy atom. The smallest absolute Gasteiger partial charge is 0.331 e. The molecule has 0 saturated carbocycles. The lowest BCUT2D eigenvalue weighted by atomic mass is 9.96. The van der Waals surface area contributed by atoms with Crippen molar-refractivity contribution in [3.05, 3.63) is 76.9 Å². The second kappa shape index (κ2) is 7.31. The van der Waals surface area contributed by atoms with Crippen LogP contribution in [-0.2, 0) is 9.53 Å². The predicted octanol–water partition coefficient (Wildman–Crippen LogP) is 5.28. The summed E-state index contributed by atoms with van der Waals surface area (Å²) < 4.78 is 5.32. The molecule has 2 aromatic carbocycles. The SMILES string of the molecule is CCCCOC(=O)/C=C1/C(c2ccc(C)cc2)=Cc2ccccc21. The van der Waals surface area contributed by atoms with E-state index in [1.54, 1.807) is 6.08 Å². The van der Waals surface area contributed by atoms with E-state index in [1.165, 1.54) is 5.56 Å². The first-order valence-electron chi connectivity index (χ1n) is 8.46. The van der Waals surface area contributed by atoms with Crippen molar-refractivity contribution >= 4 is 23.2 Å². The second-order valence-electron chi connectivity index (χ2n) is 6.09. The largest absolute Gasteiger partial charge is 0.463 e. The van der Waals surface area contributed by atoms with E-state index < -0.39 is 0 Å². The fraction of sp³-hybridized carbons (Fsp3) is 0.227. The molecule has 1 aliphatic carbocycles. The van der Waals surface area contributed by atoms with Gasteiger partial charge < -0.3 is 4.74 Å². The molecule has 0 N–H and O–H groups in total. The topological polar surface area (TPSA) is 26.3 Å². The van der Waals surface area contributed by atoms with Gasteiger partial charge in [-0.1, -0.05) is 67.4 Å². The van der Waals surface area contributed by atoms with Crippen LogP contribution in [0.5, 0.6) is 0 Å². The maximum atomic E-state index is 12.2. The highest BCUT2D eigenvalue weighted by Gasteiger charge is 2.21. The molecule has 0 saturated heterocycles. The summed E-state index contributed by atoms with van der Waals surface area (Å²) in [5, 5.41) is 0. The normalized spacial score (nSPS) is 14.4. The van der Waals surface area contributed by atoms with Crippen LogP contribution in [0.3, 0.4) is 0 Å². The van der Waals surface area contributed by atoms with E-state index in [1.807, 2.05) is 12.1 Å². The number of ether oxygens (including phenoxy) is 1. The van der Waals surface area contributed by atoms with Gasteiger partial charge in [-0.05, 0) is 47.3 Å². The average Bonchev–Trinajstić information content (AvgIpc) is 2.94. The molecule has 1 aliphatic rings. The third-order valence-electron chi connectivity index (χ3n) is 4.21. The van der Waals surface area contributed by atoms with Crippen LogP contribution in [0.15, 0.2) is 54.6 Å². The van der Waals surface area contributed by atoms with E-state index in [0.717, 1.165) is 40.7 Å². The third kappa shape index (κ3) is 3.48.